The van der Waals surface area contributed by atoms with Gasteiger partial charge in [0.25, 0.3) is 5.91 Å². The van der Waals surface area contributed by atoms with E-state index >= 15 is 0 Å². The van der Waals surface area contributed by atoms with Gasteiger partial charge in [-0.2, -0.15) is 0 Å². The largest absolute Gasteiger partial charge is 0.495 e. The molecule has 0 saturated carbocycles. The normalized spacial score (nSPS) is 13.3. The minimum Gasteiger partial charge on any atom is -0.495 e. The number of carbonyl (C=O) groups is 1. The van der Waals surface area contributed by atoms with Crippen LogP contribution < -0.4 is 24.8 Å². The van der Waals surface area contributed by atoms with E-state index in [-0.39, 0.29) is 42.1 Å². The maximum Gasteiger partial charge on any atom is 0.262 e. The fraction of sp³-hybridized carbons (Fsp3) is 0.500. The summed E-state index contributed by atoms with van der Waals surface area (Å²) in [4.78, 5) is 11.3. The van der Waals surface area contributed by atoms with Gasteiger partial charge in [-0.25, -0.2) is 13.1 Å². The Bertz CT molecular complexity index is 681. The summed E-state index contributed by atoms with van der Waals surface area (Å²) in [5.41, 5.74) is 0.390. The van der Waals surface area contributed by atoms with E-state index in [4.69, 9.17) is 9.47 Å². The number of benzene rings is 1. The molecule has 136 valence electrons. The van der Waals surface area contributed by atoms with Gasteiger partial charge in [-0.15, -0.1) is 12.4 Å². The average molecular weight is 380 g/mol. The second kappa shape index (κ2) is 9.07. The molecule has 0 unspecified atom stereocenters. The van der Waals surface area contributed by atoms with E-state index in [2.05, 4.69) is 15.4 Å². The number of halogens is 1. The molecule has 10 heteroatoms. The molecule has 0 fully saturated rings. The third-order valence-electron chi connectivity index (χ3n) is 3.21. The van der Waals surface area contributed by atoms with Crippen molar-refractivity contribution in [1.82, 2.24) is 10.0 Å². The molecule has 3 N–H and O–H groups in total. The SMILES string of the molecule is CCCNCCNS(=O)(=O)c1cc2c(cc1OC)NC(=O)CO2.Cl. The van der Waals surface area contributed by atoms with Crippen LogP contribution in [-0.2, 0) is 14.8 Å². The van der Waals surface area contributed by atoms with Gasteiger partial charge < -0.3 is 20.1 Å². The highest BCUT2D eigenvalue weighted by Crippen LogP contribution is 2.36. The molecule has 0 aliphatic carbocycles. The zero-order chi connectivity index (χ0) is 16.9. The van der Waals surface area contributed by atoms with E-state index < -0.39 is 10.0 Å². The lowest BCUT2D eigenvalue weighted by Gasteiger charge is -2.20. The molecule has 24 heavy (non-hydrogen) atoms. The average Bonchev–Trinajstić information content (AvgIpc) is 2.53. The number of carbonyl (C=O) groups excluding carboxylic acids is 1. The van der Waals surface area contributed by atoms with Crippen molar-refractivity contribution in [3.05, 3.63) is 12.1 Å². The fourth-order valence-corrected chi connectivity index (χ4v) is 3.31. The van der Waals surface area contributed by atoms with Crippen molar-refractivity contribution in [2.45, 2.75) is 18.2 Å². The summed E-state index contributed by atoms with van der Waals surface area (Å²) < 4.78 is 37.8. The van der Waals surface area contributed by atoms with Gasteiger partial charge in [0.15, 0.2) is 6.61 Å². The topological polar surface area (TPSA) is 106 Å². The number of rotatable bonds is 8. The van der Waals surface area contributed by atoms with Crippen molar-refractivity contribution in [3.63, 3.8) is 0 Å². The maximum atomic E-state index is 12.4. The predicted molar refractivity (Wildman–Crippen MR) is 92.7 cm³/mol. The second-order valence-corrected chi connectivity index (χ2v) is 6.72. The second-order valence-electron chi connectivity index (χ2n) is 4.98. The number of amides is 1. The molecule has 1 heterocycles. The van der Waals surface area contributed by atoms with Gasteiger partial charge in [0.05, 0.1) is 12.8 Å². The molecule has 0 aromatic heterocycles. The van der Waals surface area contributed by atoms with Crippen molar-refractivity contribution < 1.29 is 22.7 Å². The van der Waals surface area contributed by atoms with Gasteiger partial charge in [0.1, 0.15) is 16.4 Å². The smallest absolute Gasteiger partial charge is 0.262 e. The molecule has 0 spiro atoms. The van der Waals surface area contributed by atoms with Gasteiger partial charge in [0, 0.05) is 25.2 Å². The van der Waals surface area contributed by atoms with E-state index in [1.807, 2.05) is 6.92 Å². The lowest BCUT2D eigenvalue weighted by Crippen LogP contribution is -2.32. The van der Waals surface area contributed by atoms with Crippen LogP contribution in [0.2, 0.25) is 0 Å². The molecule has 1 aromatic carbocycles. The van der Waals surface area contributed by atoms with Crippen LogP contribution in [0.1, 0.15) is 13.3 Å². The molecule has 2 rings (SSSR count). The Kier molecular flexibility index (Phi) is 7.74. The van der Waals surface area contributed by atoms with Crippen molar-refractivity contribution in [2.75, 3.05) is 38.7 Å². The summed E-state index contributed by atoms with van der Waals surface area (Å²) in [7, 11) is -2.37. The maximum absolute atomic E-state index is 12.4. The molecule has 8 nitrogen and oxygen atoms in total. The number of ether oxygens (including phenoxy) is 2. The quantitative estimate of drug-likeness (QED) is 0.575. The highest BCUT2D eigenvalue weighted by molar-refractivity contribution is 7.89. The summed E-state index contributed by atoms with van der Waals surface area (Å²) in [5, 5.41) is 5.72. The van der Waals surface area contributed by atoms with Gasteiger partial charge in [-0.05, 0) is 13.0 Å². The molecule has 0 saturated heterocycles. The zero-order valence-electron chi connectivity index (χ0n) is 13.5. The standard InChI is InChI=1S/C14H21N3O5S.ClH/c1-3-4-15-5-6-16-23(19,20)13-8-11-10(7-12(13)21-2)17-14(18)9-22-11;/h7-8,15-16H,3-6,9H2,1-2H3,(H,17,18);1H. The van der Waals surface area contributed by atoms with Crippen LogP contribution in [0.5, 0.6) is 11.5 Å². The van der Waals surface area contributed by atoms with Crippen LogP contribution in [0, 0.1) is 0 Å². The van der Waals surface area contributed by atoms with Gasteiger partial charge in [0.2, 0.25) is 10.0 Å². The minimum absolute atomic E-state index is 0. The molecule has 0 bridgehead atoms. The lowest BCUT2D eigenvalue weighted by atomic mass is 10.2. The van der Waals surface area contributed by atoms with Crippen LogP contribution in [0.3, 0.4) is 0 Å². The van der Waals surface area contributed by atoms with Gasteiger partial charge in [-0.3, -0.25) is 4.79 Å². The number of anilines is 1. The molecule has 1 aliphatic heterocycles. The summed E-state index contributed by atoms with van der Waals surface area (Å²) in [6.45, 7) is 3.52. The summed E-state index contributed by atoms with van der Waals surface area (Å²) in [5.74, 6) is 0.147. The van der Waals surface area contributed by atoms with Crippen LogP contribution in [0.15, 0.2) is 17.0 Å². The zero-order valence-corrected chi connectivity index (χ0v) is 15.2. The van der Waals surface area contributed by atoms with E-state index in [9.17, 15) is 13.2 Å². The Morgan fingerprint density at radius 1 is 1.29 bits per heavy atom. The highest BCUT2D eigenvalue weighted by Gasteiger charge is 2.25. The molecular weight excluding hydrogens is 358 g/mol. The van der Waals surface area contributed by atoms with E-state index in [0.29, 0.717) is 18.0 Å². The lowest BCUT2D eigenvalue weighted by molar-refractivity contribution is -0.118. The van der Waals surface area contributed by atoms with Gasteiger partial charge in [-0.1, -0.05) is 6.92 Å². The first kappa shape index (κ1) is 20.5. The van der Waals surface area contributed by atoms with E-state index in [0.717, 1.165) is 13.0 Å². The number of fused-ring (bicyclic) bond motifs is 1. The Morgan fingerprint density at radius 2 is 2.04 bits per heavy atom. The van der Waals surface area contributed by atoms with Crippen molar-refractivity contribution >= 4 is 34.0 Å². The van der Waals surface area contributed by atoms with Crippen LogP contribution in [0.4, 0.5) is 5.69 Å². The number of hydrogen-bond donors (Lipinski definition) is 3. The van der Waals surface area contributed by atoms with Crippen LogP contribution in [0.25, 0.3) is 0 Å². The summed E-state index contributed by atoms with van der Waals surface area (Å²) in [6, 6.07) is 2.80. The molecule has 1 aromatic rings. The molecule has 1 amide bonds. The molecular formula is C14H22ClN3O5S. The monoisotopic (exact) mass is 379 g/mol. The molecule has 0 radical (unpaired) electrons. The molecule has 1 aliphatic rings. The Balaban J connectivity index is 0.00000288. The number of hydrogen-bond acceptors (Lipinski definition) is 6. The van der Waals surface area contributed by atoms with Crippen molar-refractivity contribution in [1.29, 1.82) is 0 Å². The van der Waals surface area contributed by atoms with Crippen LogP contribution in [-0.4, -0.2) is 47.7 Å². The third-order valence-corrected chi connectivity index (χ3v) is 4.69. The number of sulfonamides is 1. The first-order valence-electron chi connectivity index (χ1n) is 7.33. The first-order chi connectivity index (χ1) is 11.0. The number of methoxy groups -OCH3 is 1. The fourth-order valence-electron chi connectivity index (χ4n) is 2.11. The Labute approximate surface area is 147 Å². The third kappa shape index (κ3) is 4.97. The van der Waals surface area contributed by atoms with E-state index in [1.165, 1.54) is 19.2 Å². The minimum atomic E-state index is -3.74. The molecule has 0 atom stereocenters. The summed E-state index contributed by atoms with van der Waals surface area (Å²) >= 11 is 0. The first-order valence-corrected chi connectivity index (χ1v) is 8.81. The predicted octanol–water partition coefficient (Wildman–Crippen LogP) is 0.726. The van der Waals surface area contributed by atoms with Crippen molar-refractivity contribution in [2.24, 2.45) is 0 Å². The van der Waals surface area contributed by atoms with Gasteiger partial charge >= 0.3 is 0 Å². The highest BCUT2D eigenvalue weighted by atomic mass is 35.5. The van der Waals surface area contributed by atoms with E-state index in [1.54, 1.807) is 0 Å². The Morgan fingerprint density at radius 3 is 2.71 bits per heavy atom. The van der Waals surface area contributed by atoms with Crippen molar-refractivity contribution in [3.8, 4) is 11.5 Å². The summed E-state index contributed by atoms with van der Waals surface area (Å²) in [6.07, 6.45) is 0.981. The van der Waals surface area contributed by atoms with Crippen LogP contribution >= 0.6 is 12.4 Å². The Hall–Kier alpha value is -1.55. The number of nitrogens with one attached hydrogen (secondary N) is 3.